The number of hydrogen-bond donors (Lipinski definition) is 0. The molecule has 0 atom stereocenters. The monoisotopic (exact) mass is 170 g/mol. The summed E-state index contributed by atoms with van der Waals surface area (Å²) in [5, 5.41) is 0. The van der Waals surface area contributed by atoms with E-state index in [2.05, 4.69) is 0 Å². The van der Waals surface area contributed by atoms with Crippen molar-refractivity contribution in [3.8, 4) is 0 Å². The van der Waals surface area contributed by atoms with Crippen LogP contribution >= 0.6 is 0 Å². The summed E-state index contributed by atoms with van der Waals surface area (Å²) < 4.78 is 5.09. The Kier molecular flexibility index (Phi) is 3.73. The summed E-state index contributed by atoms with van der Waals surface area (Å²) in [5.74, 6) is 1.41. The highest BCUT2D eigenvalue weighted by Gasteiger charge is 2.23. The zero-order valence-electron chi connectivity index (χ0n) is 8.01. The van der Waals surface area contributed by atoms with E-state index in [0.29, 0.717) is 17.6 Å². The van der Waals surface area contributed by atoms with E-state index in [0.717, 1.165) is 32.3 Å². The van der Waals surface area contributed by atoms with Gasteiger partial charge in [-0.05, 0) is 38.5 Å². The summed E-state index contributed by atoms with van der Waals surface area (Å²) >= 11 is 0. The van der Waals surface area contributed by atoms with Crippen molar-refractivity contribution in [2.45, 2.75) is 32.6 Å². The molecule has 0 N–H and O–H groups in total. The lowest BCUT2D eigenvalue weighted by atomic mass is 9.81. The minimum atomic E-state index is 0.345. The van der Waals surface area contributed by atoms with E-state index in [1.54, 1.807) is 14.0 Å². The third kappa shape index (κ3) is 2.59. The second-order valence-electron chi connectivity index (χ2n) is 3.78. The van der Waals surface area contributed by atoms with Gasteiger partial charge in [0, 0.05) is 19.6 Å². The molecular formula is C10H18O2. The molecule has 1 aliphatic rings. The van der Waals surface area contributed by atoms with Gasteiger partial charge < -0.3 is 4.74 Å². The highest BCUT2D eigenvalue weighted by atomic mass is 16.5. The van der Waals surface area contributed by atoms with Crippen LogP contribution in [0.15, 0.2) is 0 Å². The quantitative estimate of drug-likeness (QED) is 0.647. The fourth-order valence-corrected chi connectivity index (χ4v) is 1.97. The molecule has 2 heteroatoms. The molecule has 0 aromatic heterocycles. The molecule has 0 heterocycles. The molecule has 0 radical (unpaired) electrons. The van der Waals surface area contributed by atoms with Crippen molar-refractivity contribution in [3.05, 3.63) is 0 Å². The molecule has 0 unspecified atom stereocenters. The maximum Gasteiger partial charge on any atom is 0.132 e. The maximum absolute atomic E-state index is 11.0. The minimum absolute atomic E-state index is 0.345. The van der Waals surface area contributed by atoms with Crippen LogP contribution in [0.2, 0.25) is 0 Å². The van der Waals surface area contributed by atoms with E-state index < -0.39 is 0 Å². The first-order valence-corrected chi connectivity index (χ1v) is 4.73. The summed E-state index contributed by atoms with van der Waals surface area (Å²) in [6.07, 6.45) is 4.48. The van der Waals surface area contributed by atoms with Crippen molar-refractivity contribution in [2.75, 3.05) is 13.7 Å². The molecule has 1 rings (SSSR count). The van der Waals surface area contributed by atoms with Gasteiger partial charge in [-0.2, -0.15) is 0 Å². The number of ketones is 1. The zero-order chi connectivity index (χ0) is 8.97. The van der Waals surface area contributed by atoms with E-state index in [9.17, 15) is 4.79 Å². The predicted molar refractivity (Wildman–Crippen MR) is 48.0 cm³/mol. The Morgan fingerprint density at radius 2 is 1.92 bits per heavy atom. The molecule has 70 valence electrons. The second-order valence-corrected chi connectivity index (χ2v) is 3.78. The van der Waals surface area contributed by atoms with Gasteiger partial charge in [0.1, 0.15) is 5.78 Å². The number of rotatable bonds is 3. The van der Waals surface area contributed by atoms with Gasteiger partial charge in [-0.25, -0.2) is 0 Å². The summed E-state index contributed by atoms with van der Waals surface area (Å²) in [7, 11) is 1.75. The van der Waals surface area contributed by atoms with Crippen molar-refractivity contribution in [1.29, 1.82) is 0 Å². The fourth-order valence-electron chi connectivity index (χ4n) is 1.97. The van der Waals surface area contributed by atoms with Crippen LogP contribution in [0.1, 0.15) is 32.6 Å². The molecule has 0 bridgehead atoms. The summed E-state index contributed by atoms with van der Waals surface area (Å²) in [6.45, 7) is 2.58. The third-order valence-electron chi connectivity index (χ3n) is 2.82. The van der Waals surface area contributed by atoms with Crippen LogP contribution in [0, 0.1) is 11.8 Å². The highest BCUT2D eigenvalue weighted by Crippen LogP contribution is 2.29. The van der Waals surface area contributed by atoms with Crippen LogP contribution in [-0.2, 0) is 9.53 Å². The van der Waals surface area contributed by atoms with Crippen LogP contribution in [0.5, 0.6) is 0 Å². The van der Waals surface area contributed by atoms with Crippen LogP contribution < -0.4 is 0 Å². The SMILES string of the molecule is COCC1CCC(C(C)=O)CC1. The van der Waals surface area contributed by atoms with Crippen molar-refractivity contribution < 1.29 is 9.53 Å². The molecule has 0 aromatic carbocycles. The summed E-state index contributed by atoms with van der Waals surface area (Å²) in [4.78, 5) is 11.0. The van der Waals surface area contributed by atoms with E-state index in [-0.39, 0.29) is 0 Å². The number of ether oxygens (including phenoxy) is 1. The minimum Gasteiger partial charge on any atom is -0.384 e. The first-order valence-electron chi connectivity index (χ1n) is 4.73. The standard InChI is InChI=1S/C10H18O2/c1-8(11)10-5-3-9(4-6-10)7-12-2/h9-10H,3-7H2,1-2H3. The van der Waals surface area contributed by atoms with Gasteiger partial charge in [-0.3, -0.25) is 4.79 Å². The Labute approximate surface area is 74.3 Å². The molecule has 0 spiro atoms. The Bertz CT molecular complexity index is 146. The molecular weight excluding hydrogens is 152 g/mol. The van der Waals surface area contributed by atoms with Crippen molar-refractivity contribution in [2.24, 2.45) is 11.8 Å². The smallest absolute Gasteiger partial charge is 0.132 e. The van der Waals surface area contributed by atoms with Crippen LogP contribution in [-0.4, -0.2) is 19.5 Å². The fraction of sp³-hybridized carbons (Fsp3) is 0.900. The number of hydrogen-bond acceptors (Lipinski definition) is 2. The lowest BCUT2D eigenvalue weighted by molar-refractivity contribution is -0.122. The van der Waals surface area contributed by atoms with Gasteiger partial charge in [-0.15, -0.1) is 0 Å². The number of carbonyl (C=O) groups is 1. The van der Waals surface area contributed by atoms with Gasteiger partial charge in [-0.1, -0.05) is 0 Å². The normalized spacial score (nSPS) is 30.2. The largest absolute Gasteiger partial charge is 0.384 e. The Balaban J connectivity index is 2.25. The predicted octanol–water partition coefficient (Wildman–Crippen LogP) is 2.03. The van der Waals surface area contributed by atoms with Gasteiger partial charge in [0.25, 0.3) is 0 Å². The summed E-state index contributed by atoms with van der Waals surface area (Å²) in [6, 6.07) is 0. The lowest BCUT2D eigenvalue weighted by Gasteiger charge is -2.26. The number of Topliss-reactive ketones (excluding diaryl/α,β-unsaturated/α-hetero) is 1. The molecule has 0 saturated heterocycles. The number of methoxy groups -OCH3 is 1. The van der Waals surface area contributed by atoms with Crippen LogP contribution in [0.25, 0.3) is 0 Å². The zero-order valence-corrected chi connectivity index (χ0v) is 8.01. The Hall–Kier alpha value is -0.370. The average molecular weight is 170 g/mol. The molecule has 1 fully saturated rings. The van der Waals surface area contributed by atoms with E-state index in [4.69, 9.17) is 4.74 Å². The van der Waals surface area contributed by atoms with Gasteiger partial charge in [0.15, 0.2) is 0 Å². The topological polar surface area (TPSA) is 26.3 Å². The first kappa shape index (κ1) is 9.72. The Morgan fingerprint density at radius 1 is 1.33 bits per heavy atom. The Morgan fingerprint density at radius 3 is 2.33 bits per heavy atom. The molecule has 12 heavy (non-hydrogen) atoms. The lowest BCUT2D eigenvalue weighted by Crippen LogP contribution is -2.22. The highest BCUT2D eigenvalue weighted by molar-refractivity contribution is 5.78. The van der Waals surface area contributed by atoms with Crippen molar-refractivity contribution in [1.82, 2.24) is 0 Å². The van der Waals surface area contributed by atoms with Gasteiger partial charge in [0.2, 0.25) is 0 Å². The molecule has 2 nitrogen and oxygen atoms in total. The van der Waals surface area contributed by atoms with Crippen molar-refractivity contribution >= 4 is 5.78 Å². The number of carbonyl (C=O) groups excluding carboxylic acids is 1. The molecule has 0 aliphatic heterocycles. The maximum atomic E-state index is 11.0. The molecule has 0 aromatic rings. The third-order valence-corrected chi connectivity index (χ3v) is 2.82. The average Bonchev–Trinajstić information content (AvgIpc) is 2.06. The van der Waals surface area contributed by atoms with Crippen LogP contribution in [0.3, 0.4) is 0 Å². The van der Waals surface area contributed by atoms with Gasteiger partial charge >= 0.3 is 0 Å². The van der Waals surface area contributed by atoms with Gasteiger partial charge in [0.05, 0.1) is 0 Å². The second kappa shape index (κ2) is 4.61. The molecule has 1 aliphatic carbocycles. The molecule has 1 saturated carbocycles. The summed E-state index contributed by atoms with van der Waals surface area (Å²) in [5.41, 5.74) is 0. The van der Waals surface area contributed by atoms with E-state index in [1.165, 1.54) is 0 Å². The van der Waals surface area contributed by atoms with Crippen molar-refractivity contribution in [3.63, 3.8) is 0 Å². The van der Waals surface area contributed by atoms with E-state index in [1.807, 2.05) is 0 Å². The first-order chi connectivity index (χ1) is 5.74. The molecule has 0 amide bonds. The van der Waals surface area contributed by atoms with E-state index >= 15 is 0 Å². The van der Waals surface area contributed by atoms with Crippen LogP contribution in [0.4, 0.5) is 0 Å².